The van der Waals surface area contributed by atoms with Crippen molar-refractivity contribution in [3.8, 4) is 17.2 Å². The normalized spacial score (nSPS) is 11.8. The number of hydrogen-bond donors (Lipinski definition) is 2. The van der Waals surface area contributed by atoms with Crippen LogP contribution in [0.25, 0.3) is 0 Å². The number of anilines is 1. The van der Waals surface area contributed by atoms with Gasteiger partial charge in [-0.05, 0) is 49.7 Å². The van der Waals surface area contributed by atoms with Gasteiger partial charge in [0, 0.05) is 31.7 Å². The van der Waals surface area contributed by atoms with Gasteiger partial charge in [-0.25, -0.2) is 0 Å². The number of thioether (sulfide) groups is 1. The number of alkyl halides is 1. The summed E-state index contributed by atoms with van der Waals surface area (Å²) in [5.41, 5.74) is 2.78. The molecule has 2 aromatic carbocycles. The molecule has 2 rings (SSSR count). The molecule has 0 spiro atoms. The molecule has 0 saturated carbocycles. The zero-order chi connectivity index (χ0) is 23.2. The molecule has 0 unspecified atom stereocenters. The van der Waals surface area contributed by atoms with E-state index in [0.717, 1.165) is 29.3 Å². The first-order valence-electron chi connectivity index (χ1n) is 10.1. The number of methoxy groups -OCH3 is 1. The van der Waals surface area contributed by atoms with Crippen LogP contribution in [-0.2, 0) is 17.0 Å². The van der Waals surface area contributed by atoms with E-state index in [9.17, 15) is 4.79 Å². The molecular formula is C24H32INO4S. The van der Waals surface area contributed by atoms with Crippen molar-refractivity contribution in [2.45, 2.75) is 55.0 Å². The number of carboxylic acids is 1. The fraction of sp³-hybridized carbons (Fsp3) is 0.458. The van der Waals surface area contributed by atoms with E-state index in [1.807, 2.05) is 23.9 Å². The second kappa shape index (κ2) is 10.8. The second-order valence-electron chi connectivity index (χ2n) is 8.95. The molecule has 0 aliphatic carbocycles. The molecular weight excluding hydrogens is 525 g/mol. The summed E-state index contributed by atoms with van der Waals surface area (Å²) in [5, 5.41) is 12.6. The highest BCUT2D eigenvalue weighted by molar-refractivity contribution is 14.1. The van der Waals surface area contributed by atoms with Crippen LogP contribution in [-0.4, -0.2) is 32.9 Å². The van der Waals surface area contributed by atoms with Crippen LogP contribution in [0, 0.1) is 0 Å². The van der Waals surface area contributed by atoms with Crippen molar-refractivity contribution >= 4 is 46.0 Å². The summed E-state index contributed by atoms with van der Waals surface area (Å²) in [5.74, 6) is 1.72. The highest BCUT2D eigenvalue weighted by atomic mass is 127. The van der Waals surface area contributed by atoms with Crippen LogP contribution in [0.4, 0.5) is 5.69 Å². The minimum absolute atomic E-state index is 0.0674. The standard InChI is InChI=1S/C24H32INO4S/c1-23(2,3)31-14-17-13-18(26-15-24(4,5)25)8-10-19(17)30-21-11-16(12-22(27)28)7-9-20(21)29-6/h7-11,13,26H,12,14-15H2,1-6H3,(H,27,28). The minimum Gasteiger partial charge on any atom is -0.493 e. The van der Waals surface area contributed by atoms with Crippen molar-refractivity contribution in [3.05, 3.63) is 47.5 Å². The van der Waals surface area contributed by atoms with E-state index in [0.29, 0.717) is 17.1 Å². The third-order valence-corrected chi connectivity index (χ3v) is 5.94. The Morgan fingerprint density at radius 1 is 1.06 bits per heavy atom. The molecule has 0 aliphatic heterocycles. The fourth-order valence-electron chi connectivity index (χ4n) is 2.71. The number of hydrogen-bond acceptors (Lipinski definition) is 5. The van der Waals surface area contributed by atoms with Gasteiger partial charge in [0.15, 0.2) is 11.5 Å². The third-order valence-electron chi connectivity index (χ3n) is 4.24. The van der Waals surface area contributed by atoms with Gasteiger partial charge in [-0.3, -0.25) is 4.79 Å². The molecule has 0 amide bonds. The molecule has 0 aliphatic rings. The van der Waals surface area contributed by atoms with Crippen molar-refractivity contribution in [2.75, 3.05) is 19.0 Å². The van der Waals surface area contributed by atoms with Crippen LogP contribution in [0.5, 0.6) is 17.2 Å². The van der Waals surface area contributed by atoms with E-state index in [4.69, 9.17) is 14.6 Å². The molecule has 170 valence electrons. The van der Waals surface area contributed by atoms with Gasteiger partial charge in [0.1, 0.15) is 5.75 Å². The van der Waals surface area contributed by atoms with Crippen LogP contribution >= 0.6 is 34.4 Å². The average molecular weight is 557 g/mol. The number of halogens is 1. The topological polar surface area (TPSA) is 67.8 Å². The van der Waals surface area contributed by atoms with Gasteiger partial charge in [-0.1, -0.05) is 49.4 Å². The molecule has 31 heavy (non-hydrogen) atoms. The number of carbonyl (C=O) groups is 1. The van der Waals surface area contributed by atoms with Crippen molar-refractivity contribution in [2.24, 2.45) is 0 Å². The van der Waals surface area contributed by atoms with E-state index in [-0.39, 0.29) is 14.6 Å². The summed E-state index contributed by atoms with van der Waals surface area (Å²) < 4.78 is 12.0. The Bertz CT molecular complexity index is 903. The zero-order valence-electron chi connectivity index (χ0n) is 19.0. The van der Waals surface area contributed by atoms with Crippen LogP contribution < -0.4 is 14.8 Å². The van der Waals surface area contributed by atoms with Crippen LogP contribution in [0.1, 0.15) is 45.7 Å². The molecule has 0 radical (unpaired) electrons. The fourth-order valence-corrected chi connectivity index (χ4v) is 3.72. The lowest BCUT2D eigenvalue weighted by Gasteiger charge is -2.21. The highest BCUT2D eigenvalue weighted by Gasteiger charge is 2.17. The lowest BCUT2D eigenvalue weighted by atomic mass is 10.1. The van der Waals surface area contributed by atoms with Crippen molar-refractivity contribution < 1.29 is 19.4 Å². The lowest BCUT2D eigenvalue weighted by Crippen LogP contribution is -2.22. The predicted molar refractivity (Wildman–Crippen MR) is 138 cm³/mol. The Hall–Kier alpha value is -1.61. The maximum absolute atomic E-state index is 11.1. The number of carboxylic acid groups (broad SMARTS) is 1. The van der Waals surface area contributed by atoms with Gasteiger partial charge >= 0.3 is 5.97 Å². The minimum atomic E-state index is -0.882. The first kappa shape index (κ1) is 25.6. The van der Waals surface area contributed by atoms with Gasteiger partial charge < -0.3 is 19.9 Å². The number of nitrogens with one attached hydrogen (secondary N) is 1. The maximum atomic E-state index is 11.1. The molecule has 0 heterocycles. The number of benzene rings is 2. The Labute approximate surface area is 203 Å². The Morgan fingerprint density at radius 3 is 2.32 bits per heavy atom. The largest absolute Gasteiger partial charge is 0.493 e. The van der Waals surface area contributed by atoms with E-state index in [1.165, 1.54) is 0 Å². The number of rotatable bonds is 10. The quantitative estimate of drug-likeness (QED) is 0.248. The zero-order valence-corrected chi connectivity index (χ0v) is 22.0. The van der Waals surface area contributed by atoms with E-state index in [1.54, 1.807) is 25.3 Å². The summed E-state index contributed by atoms with van der Waals surface area (Å²) in [4.78, 5) is 11.1. The maximum Gasteiger partial charge on any atom is 0.307 e. The molecule has 0 fully saturated rings. The molecule has 0 aromatic heterocycles. The Balaban J connectivity index is 2.36. The lowest BCUT2D eigenvalue weighted by molar-refractivity contribution is -0.136. The van der Waals surface area contributed by atoms with Crippen LogP contribution in [0.2, 0.25) is 0 Å². The summed E-state index contributed by atoms with van der Waals surface area (Å²) in [6, 6.07) is 11.3. The van der Waals surface area contributed by atoms with E-state index in [2.05, 4.69) is 68.6 Å². The average Bonchev–Trinajstić information content (AvgIpc) is 2.64. The second-order valence-corrected chi connectivity index (χ2v) is 13.7. The SMILES string of the molecule is COc1ccc(CC(=O)O)cc1Oc1ccc(NCC(C)(C)I)cc1CSC(C)(C)C. The van der Waals surface area contributed by atoms with Crippen molar-refractivity contribution in [1.82, 2.24) is 0 Å². The molecule has 0 atom stereocenters. The molecule has 2 N–H and O–H groups in total. The Morgan fingerprint density at radius 2 is 1.74 bits per heavy atom. The summed E-state index contributed by atoms with van der Waals surface area (Å²) in [7, 11) is 1.58. The van der Waals surface area contributed by atoms with Gasteiger partial charge in [-0.15, -0.1) is 0 Å². The third kappa shape index (κ3) is 9.19. The molecule has 0 bridgehead atoms. The first-order valence-corrected chi connectivity index (χ1v) is 12.2. The predicted octanol–water partition coefficient (Wildman–Crippen LogP) is 6.77. The first-order chi connectivity index (χ1) is 14.4. The number of aliphatic carboxylic acids is 1. The van der Waals surface area contributed by atoms with Gasteiger partial charge in [0.05, 0.1) is 13.5 Å². The number of ether oxygens (including phenoxy) is 2. The van der Waals surface area contributed by atoms with Gasteiger partial charge in [0.2, 0.25) is 0 Å². The van der Waals surface area contributed by atoms with Crippen LogP contribution in [0.15, 0.2) is 36.4 Å². The Kier molecular flexibility index (Phi) is 8.94. The van der Waals surface area contributed by atoms with Gasteiger partial charge in [-0.2, -0.15) is 11.8 Å². The molecule has 2 aromatic rings. The summed E-state index contributed by atoms with van der Waals surface area (Å²) in [6.07, 6.45) is -0.0674. The molecule has 5 nitrogen and oxygen atoms in total. The highest BCUT2D eigenvalue weighted by Crippen LogP contribution is 2.38. The van der Waals surface area contributed by atoms with Crippen molar-refractivity contribution in [3.63, 3.8) is 0 Å². The van der Waals surface area contributed by atoms with Crippen molar-refractivity contribution in [1.29, 1.82) is 0 Å². The van der Waals surface area contributed by atoms with Gasteiger partial charge in [0.25, 0.3) is 0 Å². The monoisotopic (exact) mass is 557 g/mol. The summed E-state index contributed by atoms with van der Waals surface area (Å²) in [6.45, 7) is 11.8. The summed E-state index contributed by atoms with van der Waals surface area (Å²) >= 11 is 4.28. The van der Waals surface area contributed by atoms with E-state index < -0.39 is 5.97 Å². The molecule has 0 saturated heterocycles. The van der Waals surface area contributed by atoms with E-state index >= 15 is 0 Å². The molecule has 7 heteroatoms. The van der Waals surface area contributed by atoms with Crippen LogP contribution in [0.3, 0.4) is 0 Å². The smallest absolute Gasteiger partial charge is 0.307 e.